The van der Waals surface area contributed by atoms with Crippen molar-refractivity contribution in [2.45, 2.75) is 18.0 Å². The molecule has 0 bridgehead atoms. The van der Waals surface area contributed by atoms with Crippen LogP contribution in [0.3, 0.4) is 0 Å². The molecule has 0 atom stereocenters. The first-order valence-electron chi connectivity index (χ1n) is 9.64. The summed E-state index contributed by atoms with van der Waals surface area (Å²) in [6, 6.07) is 17.3. The van der Waals surface area contributed by atoms with E-state index in [1.165, 1.54) is 23.5 Å². The van der Waals surface area contributed by atoms with Crippen molar-refractivity contribution < 1.29 is 26.4 Å². The average Bonchev–Trinajstić information content (AvgIpc) is 3.15. The van der Waals surface area contributed by atoms with Gasteiger partial charge in [0.25, 0.3) is 15.9 Å². The zero-order valence-electron chi connectivity index (χ0n) is 17.1. The topological polar surface area (TPSA) is 75.3 Å². The lowest BCUT2D eigenvalue weighted by Gasteiger charge is -2.15. The number of hydrogen-bond acceptors (Lipinski definition) is 4. The summed E-state index contributed by atoms with van der Waals surface area (Å²) in [5.74, 6) is -0.866. The van der Waals surface area contributed by atoms with Crippen LogP contribution in [0, 0.1) is 6.92 Å². The molecule has 0 fully saturated rings. The molecule has 0 spiro atoms. The number of benzene rings is 3. The lowest BCUT2D eigenvalue weighted by molar-refractivity contribution is -0.137. The normalized spacial score (nSPS) is 12.0. The highest BCUT2D eigenvalue weighted by molar-refractivity contribution is 7.92. The summed E-state index contributed by atoms with van der Waals surface area (Å²) in [6.07, 6.45) is -4.71. The Balaban J connectivity index is 1.71. The third-order valence-corrected chi connectivity index (χ3v) is 7.24. The van der Waals surface area contributed by atoms with Gasteiger partial charge in [0.15, 0.2) is 0 Å². The van der Waals surface area contributed by atoms with Crippen LogP contribution in [0.1, 0.15) is 21.5 Å². The molecule has 33 heavy (non-hydrogen) atoms. The number of anilines is 2. The Kier molecular flexibility index (Phi) is 5.89. The molecular weight excluding hydrogens is 473 g/mol. The molecule has 170 valence electrons. The molecule has 4 rings (SSSR count). The number of hydrogen-bond donors (Lipinski definition) is 2. The van der Waals surface area contributed by atoms with Crippen molar-refractivity contribution >= 4 is 48.0 Å². The summed E-state index contributed by atoms with van der Waals surface area (Å²) >= 11 is 1.25. The van der Waals surface area contributed by atoms with E-state index in [-0.39, 0.29) is 10.6 Å². The van der Waals surface area contributed by atoms with Crippen LogP contribution in [-0.4, -0.2) is 14.3 Å². The molecule has 0 aliphatic carbocycles. The van der Waals surface area contributed by atoms with E-state index in [2.05, 4.69) is 10.0 Å². The molecule has 0 aliphatic rings. The summed E-state index contributed by atoms with van der Waals surface area (Å²) in [5, 5.41) is 3.86. The lowest BCUT2D eigenvalue weighted by atomic mass is 10.1. The summed E-state index contributed by atoms with van der Waals surface area (Å²) in [5.41, 5.74) is -0.936. The molecule has 0 saturated heterocycles. The molecule has 3 aromatic carbocycles. The predicted molar refractivity (Wildman–Crippen MR) is 123 cm³/mol. The summed E-state index contributed by atoms with van der Waals surface area (Å²) in [7, 11) is -4.14. The maximum atomic E-state index is 13.3. The van der Waals surface area contributed by atoms with Crippen molar-refractivity contribution in [3.05, 3.63) is 89.5 Å². The van der Waals surface area contributed by atoms with Gasteiger partial charge in [-0.15, -0.1) is 11.3 Å². The Morgan fingerprint density at radius 2 is 1.64 bits per heavy atom. The largest absolute Gasteiger partial charge is 0.416 e. The van der Waals surface area contributed by atoms with Gasteiger partial charge in [-0.3, -0.25) is 9.52 Å². The van der Waals surface area contributed by atoms with Gasteiger partial charge < -0.3 is 5.32 Å². The first-order valence-corrected chi connectivity index (χ1v) is 11.9. The molecule has 1 aromatic heterocycles. The number of carbonyl (C=O) groups is 1. The predicted octanol–water partition coefficient (Wildman–Crippen LogP) is 6.28. The molecule has 2 N–H and O–H groups in total. The van der Waals surface area contributed by atoms with Crippen molar-refractivity contribution in [1.29, 1.82) is 0 Å². The van der Waals surface area contributed by atoms with E-state index >= 15 is 0 Å². The van der Waals surface area contributed by atoms with Gasteiger partial charge in [0.2, 0.25) is 0 Å². The minimum absolute atomic E-state index is 0.0798. The number of fused-ring (bicyclic) bond motifs is 1. The first-order chi connectivity index (χ1) is 15.5. The van der Waals surface area contributed by atoms with Crippen molar-refractivity contribution in [2.75, 3.05) is 10.0 Å². The molecule has 0 radical (unpaired) electrons. The van der Waals surface area contributed by atoms with Crippen LogP contribution < -0.4 is 10.0 Å². The first kappa shape index (κ1) is 22.8. The second-order valence-electron chi connectivity index (χ2n) is 7.28. The Morgan fingerprint density at radius 1 is 0.939 bits per heavy atom. The van der Waals surface area contributed by atoms with E-state index in [9.17, 15) is 26.4 Å². The molecule has 0 saturated carbocycles. The van der Waals surface area contributed by atoms with Gasteiger partial charge in [0.05, 0.1) is 26.7 Å². The number of carbonyl (C=O) groups excluding carboxylic acids is 1. The molecule has 1 amide bonds. The Labute approximate surface area is 191 Å². The van der Waals surface area contributed by atoms with E-state index in [0.717, 1.165) is 27.8 Å². The Bertz CT molecular complexity index is 1410. The van der Waals surface area contributed by atoms with Gasteiger partial charge >= 0.3 is 6.18 Å². The number of aryl methyl sites for hydroxylation is 1. The average molecular weight is 491 g/mol. The SMILES string of the molecule is Cc1ccc(S(=O)(=O)Nc2ccc(C(F)(F)F)cc2C(=O)Nc2cc3ccccc3s2)cc1. The van der Waals surface area contributed by atoms with Crippen LogP contribution in [-0.2, 0) is 16.2 Å². The lowest BCUT2D eigenvalue weighted by Crippen LogP contribution is -2.19. The van der Waals surface area contributed by atoms with Crippen LogP contribution in [0.2, 0.25) is 0 Å². The number of sulfonamides is 1. The van der Waals surface area contributed by atoms with E-state index in [0.29, 0.717) is 11.1 Å². The van der Waals surface area contributed by atoms with Gasteiger partial charge in [-0.2, -0.15) is 13.2 Å². The molecule has 4 aromatic rings. The summed E-state index contributed by atoms with van der Waals surface area (Å²) in [4.78, 5) is 12.9. The van der Waals surface area contributed by atoms with Gasteiger partial charge in [-0.1, -0.05) is 35.9 Å². The van der Waals surface area contributed by atoms with Gasteiger partial charge in [-0.05, 0) is 54.8 Å². The fourth-order valence-corrected chi connectivity index (χ4v) is 5.18. The standard InChI is InChI=1S/C23H17F3N2O3S2/c1-14-6-9-17(10-7-14)33(30,31)28-19-11-8-16(23(24,25)26)13-18(19)22(29)27-21-12-15-4-2-3-5-20(15)32-21/h2-13,28H,1H3,(H,27,29). The highest BCUT2D eigenvalue weighted by Gasteiger charge is 2.32. The van der Waals surface area contributed by atoms with Crippen molar-refractivity contribution in [2.24, 2.45) is 0 Å². The minimum atomic E-state index is -4.71. The quantitative estimate of drug-likeness (QED) is 0.346. The van der Waals surface area contributed by atoms with Crippen LogP contribution in [0.5, 0.6) is 0 Å². The molecular formula is C23H17F3N2O3S2. The number of rotatable bonds is 5. The fourth-order valence-electron chi connectivity index (χ4n) is 3.14. The third-order valence-electron chi connectivity index (χ3n) is 4.83. The zero-order chi connectivity index (χ0) is 23.8. The minimum Gasteiger partial charge on any atom is -0.313 e. The zero-order valence-corrected chi connectivity index (χ0v) is 18.7. The molecule has 5 nitrogen and oxygen atoms in total. The fraction of sp³-hybridized carbons (Fsp3) is 0.0870. The van der Waals surface area contributed by atoms with E-state index in [1.807, 2.05) is 24.3 Å². The smallest absolute Gasteiger partial charge is 0.313 e. The Morgan fingerprint density at radius 3 is 2.30 bits per heavy atom. The molecule has 0 aliphatic heterocycles. The van der Waals surface area contributed by atoms with Crippen LogP contribution in [0.25, 0.3) is 10.1 Å². The number of nitrogens with one attached hydrogen (secondary N) is 2. The number of halogens is 3. The number of thiophene rings is 1. The van der Waals surface area contributed by atoms with Gasteiger partial charge in [0, 0.05) is 4.70 Å². The Hall–Kier alpha value is -3.37. The van der Waals surface area contributed by atoms with Crippen molar-refractivity contribution in [3.63, 3.8) is 0 Å². The van der Waals surface area contributed by atoms with Crippen molar-refractivity contribution in [1.82, 2.24) is 0 Å². The highest BCUT2D eigenvalue weighted by atomic mass is 32.2. The monoisotopic (exact) mass is 490 g/mol. The maximum absolute atomic E-state index is 13.3. The third kappa shape index (κ3) is 5.01. The van der Waals surface area contributed by atoms with Gasteiger partial charge in [0.1, 0.15) is 0 Å². The molecule has 1 heterocycles. The molecule has 0 unspecified atom stereocenters. The second-order valence-corrected chi connectivity index (χ2v) is 10.0. The summed E-state index contributed by atoms with van der Waals surface area (Å²) < 4.78 is 68.6. The van der Waals surface area contributed by atoms with Crippen LogP contribution >= 0.6 is 11.3 Å². The number of alkyl halides is 3. The second kappa shape index (κ2) is 8.53. The van der Waals surface area contributed by atoms with Gasteiger partial charge in [-0.25, -0.2) is 8.42 Å². The summed E-state index contributed by atoms with van der Waals surface area (Å²) in [6.45, 7) is 1.79. The molecule has 10 heteroatoms. The number of amides is 1. The highest BCUT2D eigenvalue weighted by Crippen LogP contribution is 2.34. The van der Waals surface area contributed by atoms with E-state index in [4.69, 9.17) is 0 Å². The van der Waals surface area contributed by atoms with Crippen LogP contribution in [0.4, 0.5) is 23.9 Å². The van der Waals surface area contributed by atoms with Crippen LogP contribution in [0.15, 0.2) is 77.7 Å². The maximum Gasteiger partial charge on any atom is 0.416 e. The van der Waals surface area contributed by atoms with E-state index in [1.54, 1.807) is 25.1 Å². The van der Waals surface area contributed by atoms with Crippen molar-refractivity contribution in [3.8, 4) is 0 Å². The van der Waals surface area contributed by atoms with E-state index < -0.39 is 33.2 Å².